The molecule has 120 valence electrons. The summed E-state index contributed by atoms with van der Waals surface area (Å²) >= 11 is 1.66. The lowest BCUT2D eigenvalue weighted by Gasteiger charge is -2.04. The molecule has 1 N–H and O–H groups in total. The molecule has 1 aliphatic carbocycles. The number of thiophene rings is 1. The molecule has 3 aromatic rings. The number of aryl methyl sites for hydroxylation is 1. The van der Waals surface area contributed by atoms with Gasteiger partial charge < -0.3 is 9.52 Å². The molecule has 0 spiro atoms. The van der Waals surface area contributed by atoms with Gasteiger partial charge in [0.05, 0.1) is 10.9 Å². The van der Waals surface area contributed by atoms with Gasteiger partial charge in [-0.2, -0.15) is 0 Å². The van der Waals surface area contributed by atoms with E-state index in [9.17, 15) is 9.59 Å². The van der Waals surface area contributed by atoms with Crippen molar-refractivity contribution in [3.8, 4) is 0 Å². The van der Waals surface area contributed by atoms with Crippen molar-refractivity contribution in [2.75, 3.05) is 0 Å². The van der Waals surface area contributed by atoms with Crippen LogP contribution in [0, 0.1) is 6.92 Å². The molecule has 0 saturated carbocycles. The molecule has 2 aromatic heterocycles. The summed E-state index contributed by atoms with van der Waals surface area (Å²) in [5, 5.41) is 11.5. The van der Waals surface area contributed by atoms with Gasteiger partial charge in [0.15, 0.2) is 5.43 Å². The number of carboxylic acid groups (broad SMARTS) is 1. The van der Waals surface area contributed by atoms with E-state index in [0.717, 1.165) is 12.0 Å². The number of hydrogen-bond donors (Lipinski definition) is 1. The maximum absolute atomic E-state index is 12.7. The van der Waals surface area contributed by atoms with E-state index in [0.29, 0.717) is 28.7 Å². The first-order chi connectivity index (χ1) is 11.5. The van der Waals surface area contributed by atoms with Gasteiger partial charge in [-0.25, -0.2) is 4.79 Å². The molecule has 1 aromatic carbocycles. The van der Waals surface area contributed by atoms with Crippen LogP contribution in [0.4, 0.5) is 0 Å². The van der Waals surface area contributed by atoms with Gasteiger partial charge in [-0.15, -0.1) is 11.3 Å². The van der Waals surface area contributed by atoms with E-state index in [2.05, 4.69) is 19.1 Å². The maximum atomic E-state index is 12.7. The van der Waals surface area contributed by atoms with Crippen molar-refractivity contribution in [1.82, 2.24) is 0 Å². The zero-order chi connectivity index (χ0) is 16.8. The molecule has 0 aliphatic heterocycles. The van der Waals surface area contributed by atoms with Gasteiger partial charge in [-0.1, -0.05) is 0 Å². The predicted molar refractivity (Wildman–Crippen MR) is 94.7 cm³/mol. The van der Waals surface area contributed by atoms with E-state index >= 15 is 0 Å². The monoisotopic (exact) mass is 338 g/mol. The Morgan fingerprint density at radius 3 is 2.83 bits per heavy atom. The van der Waals surface area contributed by atoms with Crippen LogP contribution in [-0.2, 0) is 6.42 Å². The van der Waals surface area contributed by atoms with Gasteiger partial charge in [0, 0.05) is 10.4 Å². The Bertz CT molecular complexity index is 1070. The molecule has 0 fully saturated rings. The second-order valence-corrected chi connectivity index (χ2v) is 6.84. The Kier molecular flexibility index (Phi) is 3.39. The molecule has 24 heavy (non-hydrogen) atoms. The van der Waals surface area contributed by atoms with Gasteiger partial charge >= 0.3 is 5.97 Å². The second-order valence-electron chi connectivity index (χ2n) is 5.89. The Morgan fingerprint density at radius 2 is 2.12 bits per heavy atom. The van der Waals surface area contributed by atoms with Crippen LogP contribution in [0.2, 0.25) is 0 Å². The Hall–Kier alpha value is -2.66. The van der Waals surface area contributed by atoms with E-state index in [1.165, 1.54) is 22.6 Å². The summed E-state index contributed by atoms with van der Waals surface area (Å²) in [5.41, 5.74) is 3.27. The van der Waals surface area contributed by atoms with Crippen LogP contribution in [0.1, 0.15) is 38.5 Å². The van der Waals surface area contributed by atoms with E-state index in [-0.39, 0.29) is 11.0 Å². The van der Waals surface area contributed by atoms with Gasteiger partial charge in [-0.05, 0) is 66.6 Å². The van der Waals surface area contributed by atoms with Crippen LogP contribution in [0.15, 0.2) is 38.9 Å². The summed E-state index contributed by atoms with van der Waals surface area (Å²) in [6.07, 6.45) is 3.47. The molecule has 0 saturated heterocycles. The first-order valence-electron chi connectivity index (χ1n) is 7.62. The van der Waals surface area contributed by atoms with Crippen LogP contribution in [0.25, 0.3) is 22.6 Å². The van der Waals surface area contributed by atoms with Crippen LogP contribution in [-0.4, -0.2) is 11.1 Å². The number of rotatable bonds is 2. The minimum Gasteiger partial charge on any atom is -0.478 e. The van der Waals surface area contributed by atoms with E-state index in [4.69, 9.17) is 9.52 Å². The fourth-order valence-corrected chi connectivity index (χ4v) is 3.94. The summed E-state index contributed by atoms with van der Waals surface area (Å²) in [4.78, 5) is 25.0. The molecule has 1 aliphatic rings. The highest BCUT2D eigenvalue weighted by Crippen LogP contribution is 2.35. The van der Waals surface area contributed by atoms with Crippen molar-refractivity contribution in [3.63, 3.8) is 0 Å². The van der Waals surface area contributed by atoms with Crippen molar-refractivity contribution in [1.29, 1.82) is 0 Å². The molecule has 0 bridgehead atoms. The summed E-state index contributed by atoms with van der Waals surface area (Å²) in [5.74, 6) is -0.408. The molecule has 0 amide bonds. The van der Waals surface area contributed by atoms with Crippen LogP contribution in [0.3, 0.4) is 0 Å². The molecule has 0 radical (unpaired) electrons. The van der Waals surface area contributed by atoms with Gasteiger partial charge in [0.2, 0.25) is 0 Å². The molecule has 4 nitrogen and oxygen atoms in total. The third-order valence-corrected chi connectivity index (χ3v) is 5.34. The van der Waals surface area contributed by atoms with Crippen molar-refractivity contribution in [2.24, 2.45) is 0 Å². The van der Waals surface area contributed by atoms with Crippen molar-refractivity contribution in [3.05, 3.63) is 67.2 Å². The number of fused-ring (bicyclic) bond motifs is 2. The lowest BCUT2D eigenvalue weighted by molar-refractivity contribution is 0.0697. The van der Waals surface area contributed by atoms with Gasteiger partial charge in [0.1, 0.15) is 11.3 Å². The fraction of sp³-hybridized carbons (Fsp3) is 0.158. The first kappa shape index (κ1) is 14.9. The molecule has 5 heteroatoms. The molecule has 0 atom stereocenters. The SMILES string of the molecule is Cc1ccsc1C=C1CCc2c1oc1ccc(C(=O)O)cc1c2=O. The number of hydrogen-bond acceptors (Lipinski definition) is 4. The predicted octanol–water partition coefficient (Wildman–Crippen LogP) is 4.35. The van der Waals surface area contributed by atoms with Crippen molar-refractivity contribution < 1.29 is 14.3 Å². The smallest absolute Gasteiger partial charge is 0.335 e. The molecule has 2 heterocycles. The highest BCUT2D eigenvalue weighted by Gasteiger charge is 2.24. The Morgan fingerprint density at radius 1 is 1.29 bits per heavy atom. The Balaban J connectivity index is 1.91. The van der Waals surface area contributed by atoms with Crippen LogP contribution >= 0.6 is 11.3 Å². The van der Waals surface area contributed by atoms with E-state index in [1.54, 1.807) is 17.4 Å². The number of allylic oxidation sites excluding steroid dienone is 1. The third-order valence-electron chi connectivity index (χ3n) is 4.37. The minimum absolute atomic E-state index is 0.0951. The highest BCUT2D eigenvalue weighted by molar-refractivity contribution is 7.11. The number of aromatic carboxylic acids is 1. The first-order valence-corrected chi connectivity index (χ1v) is 8.50. The third kappa shape index (κ3) is 2.29. The van der Waals surface area contributed by atoms with Gasteiger partial charge in [-0.3, -0.25) is 4.79 Å². The highest BCUT2D eigenvalue weighted by atomic mass is 32.1. The average Bonchev–Trinajstić information content (AvgIpc) is 3.15. The van der Waals surface area contributed by atoms with Crippen molar-refractivity contribution >= 4 is 39.9 Å². The largest absolute Gasteiger partial charge is 0.478 e. The zero-order valence-electron chi connectivity index (χ0n) is 13.0. The van der Waals surface area contributed by atoms with Crippen LogP contribution < -0.4 is 5.43 Å². The Labute approximate surface area is 141 Å². The lowest BCUT2D eigenvalue weighted by Crippen LogP contribution is -2.09. The average molecular weight is 338 g/mol. The maximum Gasteiger partial charge on any atom is 0.335 e. The van der Waals surface area contributed by atoms with E-state index < -0.39 is 5.97 Å². The second kappa shape index (κ2) is 5.46. The molecular weight excluding hydrogens is 324 g/mol. The summed E-state index contributed by atoms with van der Waals surface area (Å²) in [6, 6.07) is 6.49. The number of carboxylic acids is 1. The summed E-state index contributed by atoms with van der Waals surface area (Å²) in [7, 11) is 0. The quantitative estimate of drug-likeness (QED) is 0.754. The van der Waals surface area contributed by atoms with Gasteiger partial charge in [0.25, 0.3) is 0 Å². The van der Waals surface area contributed by atoms with Crippen molar-refractivity contribution in [2.45, 2.75) is 19.8 Å². The lowest BCUT2D eigenvalue weighted by atomic mass is 10.1. The van der Waals surface area contributed by atoms with E-state index in [1.807, 2.05) is 5.38 Å². The molecule has 0 unspecified atom stereocenters. The standard InChI is InChI=1S/C19H14O4S/c1-10-6-7-24-16(10)9-11-2-4-13-17(20)14-8-12(19(21)22)3-5-15(14)23-18(11)13/h3,5-9H,2,4H2,1H3,(H,21,22). The summed E-state index contributed by atoms with van der Waals surface area (Å²) < 4.78 is 5.96. The minimum atomic E-state index is -1.05. The summed E-state index contributed by atoms with van der Waals surface area (Å²) in [6.45, 7) is 2.06. The molecular formula is C19H14O4S. The normalized spacial score (nSPS) is 15.1. The number of carbonyl (C=O) groups is 1. The number of benzene rings is 1. The van der Waals surface area contributed by atoms with Crippen LogP contribution in [0.5, 0.6) is 0 Å². The topological polar surface area (TPSA) is 67.5 Å². The fourth-order valence-electron chi connectivity index (χ4n) is 3.05. The molecule has 4 rings (SSSR count). The zero-order valence-corrected chi connectivity index (χ0v) is 13.8.